The summed E-state index contributed by atoms with van der Waals surface area (Å²) in [5, 5.41) is 6.19. The Labute approximate surface area is 200 Å². The highest BCUT2D eigenvalue weighted by atomic mass is 32.2. The second kappa shape index (κ2) is 9.47. The molecule has 2 fully saturated rings. The van der Waals surface area contributed by atoms with Crippen LogP contribution in [0.1, 0.15) is 31.2 Å². The lowest BCUT2D eigenvalue weighted by Gasteiger charge is -2.36. The molecule has 0 radical (unpaired) electrons. The van der Waals surface area contributed by atoms with Gasteiger partial charge in [0.25, 0.3) is 0 Å². The molecule has 1 aliphatic carbocycles. The van der Waals surface area contributed by atoms with E-state index >= 15 is 0 Å². The van der Waals surface area contributed by atoms with E-state index in [0.717, 1.165) is 71.0 Å². The molecule has 33 heavy (non-hydrogen) atoms. The van der Waals surface area contributed by atoms with Crippen LogP contribution in [0.2, 0.25) is 0 Å². The van der Waals surface area contributed by atoms with E-state index in [0.29, 0.717) is 6.04 Å². The summed E-state index contributed by atoms with van der Waals surface area (Å²) in [6.45, 7) is 4.84. The standard InChI is InChI=1S/C26H33N3O3S/c1-17-13-20(30-2)14-23(31-3)24(17)21-8-5-9-22-25(26(33-4)27-29(21)22)28(15-18-10-11-18)19-7-6-12-32-16-19/h5,8-9,13-14,18-19H,6-7,10-12,15-16H2,1-4H3. The Kier molecular flexibility index (Phi) is 6.43. The number of ether oxygens (including phenoxy) is 3. The molecular weight excluding hydrogens is 434 g/mol. The van der Waals surface area contributed by atoms with Crippen molar-refractivity contribution in [3.8, 4) is 22.8 Å². The Morgan fingerprint density at radius 3 is 2.70 bits per heavy atom. The van der Waals surface area contributed by atoms with Crippen LogP contribution in [0.4, 0.5) is 5.69 Å². The molecular formula is C26H33N3O3S. The molecule has 3 aromatic rings. The lowest BCUT2D eigenvalue weighted by Crippen LogP contribution is -2.42. The van der Waals surface area contributed by atoms with Crippen molar-refractivity contribution < 1.29 is 14.2 Å². The fraction of sp³-hybridized carbons (Fsp3) is 0.500. The van der Waals surface area contributed by atoms with Crippen molar-refractivity contribution in [1.82, 2.24) is 9.61 Å². The number of pyridine rings is 1. The molecule has 1 unspecified atom stereocenters. The maximum Gasteiger partial charge on any atom is 0.142 e. The second-order valence-electron chi connectivity index (χ2n) is 9.05. The predicted octanol–water partition coefficient (Wildman–Crippen LogP) is 5.44. The summed E-state index contributed by atoms with van der Waals surface area (Å²) >= 11 is 1.72. The smallest absolute Gasteiger partial charge is 0.142 e. The first-order valence-corrected chi connectivity index (χ1v) is 13.0. The van der Waals surface area contributed by atoms with E-state index in [1.54, 1.807) is 26.0 Å². The van der Waals surface area contributed by atoms with E-state index < -0.39 is 0 Å². The fourth-order valence-corrected chi connectivity index (χ4v) is 5.51. The Morgan fingerprint density at radius 2 is 2.03 bits per heavy atom. The van der Waals surface area contributed by atoms with Crippen LogP contribution in [0, 0.1) is 12.8 Å². The Morgan fingerprint density at radius 1 is 1.18 bits per heavy atom. The van der Waals surface area contributed by atoms with Gasteiger partial charge in [0.2, 0.25) is 0 Å². The lowest BCUT2D eigenvalue weighted by atomic mass is 10.0. The number of fused-ring (bicyclic) bond motifs is 1. The SMILES string of the molecule is COc1cc(C)c(-c2cccc3c(N(CC4CC4)C4CCCOC4)c(SC)nn23)c(OC)c1. The van der Waals surface area contributed by atoms with Crippen molar-refractivity contribution >= 4 is 23.0 Å². The second-order valence-corrected chi connectivity index (χ2v) is 9.85. The molecule has 0 N–H and O–H groups in total. The van der Waals surface area contributed by atoms with Gasteiger partial charge in [-0.05, 0) is 68.5 Å². The molecule has 2 aliphatic rings. The molecule has 1 saturated heterocycles. The predicted molar refractivity (Wildman–Crippen MR) is 134 cm³/mol. The number of nitrogens with zero attached hydrogens (tertiary/aromatic N) is 3. The third kappa shape index (κ3) is 4.28. The zero-order valence-corrected chi connectivity index (χ0v) is 20.8. The number of benzene rings is 1. The number of hydrogen-bond donors (Lipinski definition) is 0. The van der Waals surface area contributed by atoms with Crippen molar-refractivity contribution in [1.29, 1.82) is 0 Å². The number of thioether (sulfide) groups is 1. The summed E-state index contributed by atoms with van der Waals surface area (Å²) in [5.41, 5.74) is 5.55. The number of aromatic nitrogens is 2. The third-order valence-corrected chi connectivity index (χ3v) is 7.46. The van der Waals surface area contributed by atoms with Gasteiger partial charge in [0.15, 0.2) is 0 Å². The Hall–Kier alpha value is -2.38. The van der Waals surface area contributed by atoms with E-state index in [9.17, 15) is 0 Å². The van der Waals surface area contributed by atoms with Crippen molar-refractivity contribution in [3.05, 3.63) is 35.9 Å². The van der Waals surface area contributed by atoms with E-state index in [1.807, 2.05) is 6.07 Å². The number of hydrogen-bond acceptors (Lipinski definition) is 6. The van der Waals surface area contributed by atoms with Gasteiger partial charge in [0.05, 0.1) is 43.8 Å². The monoisotopic (exact) mass is 467 g/mol. The van der Waals surface area contributed by atoms with Gasteiger partial charge in [-0.15, -0.1) is 11.8 Å². The summed E-state index contributed by atoms with van der Waals surface area (Å²) in [6.07, 6.45) is 7.06. The van der Waals surface area contributed by atoms with E-state index in [-0.39, 0.29) is 0 Å². The van der Waals surface area contributed by atoms with Crippen LogP contribution in [0.3, 0.4) is 0 Å². The van der Waals surface area contributed by atoms with E-state index in [4.69, 9.17) is 19.3 Å². The summed E-state index contributed by atoms with van der Waals surface area (Å²) in [6, 6.07) is 10.9. The highest BCUT2D eigenvalue weighted by Gasteiger charge is 2.33. The van der Waals surface area contributed by atoms with Crippen LogP contribution >= 0.6 is 11.8 Å². The highest BCUT2D eigenvalue weighted by Crippen LogP contribution is 2.42. The average Bonchev–Trinajstić information content (AvgIpc) is 3.60. The molecule has 0 amide bonds. The van der Waals surface area contributed by atoms with Gasteiger partial charge in [-0.2, -0.15) is 5.10 Å². The van der Waals surface area contributed by atoms with Crippen molar-refractivity contribution in [2.75, 3.05) is 45.1 Å². The van der Waals surface area contributed by atoms with Crippen LogP contribution in [-0.2, 0) is 4.74 Å². The van der Waals surface area contributed by atoms with Gasteiger partial charge in [0.1, 0.15) is 16.5 Å². The number of anilines is 1. The first-order chi connectivity index (χ1) is 16.1. The summed E-state index contributed by atoms with van der Waals surface area (Å²) in [4.78, 5) is 2.60. The van der Waals surface area contributed by atoms with Crippen LogP contribution < -0.4 is 14.4 Å². The lowest BCUT2D eigenvalue weighted by molar-refractivity contribution is 0.0789. The maximum atomic E-state index is 5.91. The molecule has 176 valence electrons. The largest absolute Gasteiger partial charge is 0.497 e. The molecule has 1 atom stereocenters. The molecule has 7 heteroatoms. The minimum Gasteiger partial charge on any atom is -0.497 e. The van der Waals surface area contributed by atoms with Crippen molar-refractivity contribution in [3.63, 3.8) is 0 Å². The topological polar surface area (TPSA) is 48.2 Å². The molecule has 3 heterocycles. The zero-order chi connectivity index (χ0) is 22.9. The van der Waals surface area contributed by atoms with Crippen LogP contribution in [-0.4, -0.2) is 55.9 Å². The molecule has 5 rings (SSSR count). The van der Waals surface area contributed by atoms with Gasteiger partial charge in [-0.3, -0.25) is 0 Å². The highest BCUT2D eigenvalue weighted by molar-refractivity contribution is 7.98. The first-order valence-electron chi connectivity index (χ1n) is 11.8. The molecule has 1 aliphatic heterocycles. The minimum atomic E-state index is 0.402. The van der Waals surface area contributed by atoms with E-state index in [2.05, 4.69) is 46.9 Å². The van der Waals surface area contributed by atoms with Crippen LogP contribution in [0.25, 0.3) is 16.8 Å². The number of aryl methyl sites for hydroxylation is 1. The number of rotatable bonds is 8. The normalized spacial score (nSPS) is 18.5. The minimum absolute atomic E-state index is 0.402. The zero-order valence-electron chi connectivity index (χ0n) is 20.0. The summed E-state index contributed by atoms with van der Waals surface area (Å²) in [5.74, 6) is 2.36. The molecule has 0 spiro atoms. The quantitative estimate of drug-likeness (QED) is 0.411. The van der Waals surface area contributed by atoms with E-state index in [1.165, 1.54) is 24.9 Å². The van der Waals surface area contributed by atoms with Gasteiger partial charge in [-0.1, -0.05) is 6.07 Å². The summed E-state index contributed by atoms with van der Waals surface area (Å²) in [7, 11) is 3.39. The fourth-order valence-electron chi connectivity index (χ4n) is 4.93. The van der Waals surface area contributed by atoms with Crippen molar-refractivity contribution in [2.24, 2.45) is 5.92 Å². The maximum absolute atomic E-state index is 5.91. The number of methoxy groups -OCH3 is 2. The molecule has 6 nitrogen and oxygen atoms in total. The molecule has 2 aromatic heterocycles. The molecule has 0 bridgehead atoms. The van der Waals surface area contributed by atoms with Gasteiger partial charge in [-0.25, -0.2) is 4.52 Å². The average molecular weight is 468 g/mol. The van der Waals surface area contributed by atoms with Crippen molar-refractivity contribution in [2.45, 2.75) is 43.7 Å². The summed E-state index contributed by atoms with van der Waals surface area (Å²) < 4.78 is 19.3. The Bertz CT molecular complexity index is 1140. The van der Waals surface area contributed by atoms with Crippen LogP contribution in [0.5, 0.6) is 11.5 Å². The van der Waals surface area contributed by atoms with Gasteiger partial charge >= 0.3 is 0 Å². The third-order valence-electron chi connectivity index (χ3n) is 6.79. The molecule has 1 saturated carbocycles. The Balaban J connectivity index is 1.68. The molecule has 1 aromatic carbocycles. The van der Waals surface area contributed by atoms with Crippen LogP contribution in [0.15, 0.2) is 35.4 Å². The first kappa shape index (κ1) is 22.4. The van der Waals surface area contributed by atoms with Gasteiger partial charge in [0, 0.05) is 24.8 Å². The van der Waals surface area contributed by atoms with Gasteiger partial charge < -0.3 is 19.1 Å².